The van der Waals surface area contributed by atoms with Crippen molar-refractivity contribution in [2.45, 2.75) is 50.9 Å². The molecule has 1 spiro atoms. The molecule has 1 N–H and O–H groups in total. The number of hydrogen-bond donors (Lipinski definition) is 1. The van der Waals surface area contributed by atoms with Crippen molar-refractivity contribution < 1.29 is 32.6 Å². The Morgan fingerprint density at radius 2 is 2.00 bits per heavy atom. The van der Waals surface area contributed by atoms with Gasteiger partial charge in [-0.1, -0.05) is 13.8 Å². The van der Waals surface area contributed by atoms with Gasteiger partial charge in [0.1, 0.15) is 5.69 Å². The molecule has 1 amide bonds. The van der Waals surface area contributed by atoms with E-state index in [1.807, 2.05) is 11.9 Å². The first-order valence-corrected chi connectivity index (χ1v) is 9.98. The van der Waals surface area contributed by atoms with Gasteiger partial charge >= 0.3 is 12.1 Å². The molecule has 1 aromatic heterocycles. The van der Waals surface area contributed by atoms with Crippen LogP contribution in [0.5, 0.6) is 0 Å². The Morgan fingerprint density at radius 3 is 2.50 bits per heavy atom. The van der Waals surface area contributed by atoms with Gasteiger partial charge in [0.05, 0.1) is 12.1 Å². The molecular weight excluding hydrogens is 405 g/mol. The number of aliphatic carboxylic acids is 1. The Bertz CT molecular complexity index is 736. The Balaban J connectivity index is 0.000000396. The molecule has 11 heteroatoms. The van der Waals surface area contributed by atoms with E-state index in [4.69, 9.17) is 14.6 Å². The van der Waals surface area contributed by atoms with Gasteiger partial charge in [-0.15, -0.1) is 0 Å². The van der Waals surface area contributed by atoms with E-state index in [9.17, 15) is 18.0 Å². The zero-order valence-corrected chi connectivity index (χ0v) is 17.5. The third-order valence-electron chi connectivity index (χ3n) is 5.68. The zero-order chi connectivity index (χ0) is 22.5. The highest BCUT2D eigenvalue weighted by atomic mass is 19.4. The highest BCUT2D eigenvalue weighted by Gasteiger charge is 2.45. The second-order valence-corrected chi connectivity index (χ2v) is 7.52. The zero-order valence-electron chi connectivity index (χ0n) is 17.5. The van der Waals surface area contributed by atoms with Crippen LogP contribution in [0.1, 0.15) is 43.6 Å². The molecule has 0 radical (unpaired) electrons. The summed E-state index contributed by atoms with van der Waals surface area (Å²) in [6, 6.07) is 2.36. The molecule has 2 aliphatic rings. The number of alkyl halides is 3. The van der Waals surface area contributed by atoms with Crippen LogP contribution >= 0.6 is 0 Å². The maximum Gasteiger partial charge on any atom is 0.490 e. The number of hydrogen-bond acceptors (Lipinski definition) is 5. The number of carbonyl (C=O) groups excluding carboxylic acids is 1. The third-order valence-corrected chi connectivity index (χ3v) is 5.68. The maximum atomic E-state index is 12.7. The van der Waals surface area contributed by atoms with Gasteiger partial charge in [-0.05, 0) is 38.4 Å². The van der Waals surface area contributed by atoms with E-state index in [1.54, 1.807) is 16.9 Å². The van der Waals surface area contributed by atoms with E-state index in [-0.39, 0.29) is 11.5 Å². The monoisotopic (exact) mass is 434 g/mol. The van der Waals surface area contributed by atoms with Crippen molar-refractivity contribution in [1.82, 2.24) is 19.6 Å². The fraction of sp³-hybridized carbons (Fsp3) is 0.737. The highest BCUT2D eigenvalue weighted by molar-refractivity contribution is 5.92. The standard InChI is InChI=1S/C17H28N4O2.C2HF3O2/c1-4-20(5-2)14-7-11-23-17(12-14)8-10-21(13-17)16(22)15-6-9-18-19(15)3;3-2(4,5)1(6)7/h6,9,14H,4-5,7-8,10-13H2,1-3H3;(H,6,7)/t14-,17-;/m1./s1. The molecular formula is C19H29F3N4O4. The van der Waals surface area contributed by atoms with Gasteiger partial charge in [0.15, 0.2) is 0 Å². The van der Waals surface area contributed by atoms with E-state index in [2.05, 4.69) is 23.8 Å². The molecule has 3 rings (SSSR count). The smallest absolute Gasteiger partial charge is 0.475 e. The van der Waals surface area contributed by atoms with Crippen molar-refractivity contribution in [3.63, 3.8) is 0 Å². The summed E-state index contributed by atoms with van der Waals surface area (Å²) >= 11 is 0. The summed E-state index contributed by atoms with van der Waals surface area (Å²) in [5, 5.41) is 11.2. The molecule has 3 heterocycles. The molecule has 30 heavy (non-hydrogen) atoms. The minimum absolute atomic E-state index is 0.0652. The number of halogens is 3. The average molecular weight is 434 g/mol. The maximum absolute atomic E-state index is 12.7. The fourth-order valence-corrected chi connectivity index (χ4v) is 4.10. The molecule has 0 unspecified atom stereocenters. The van der Waals surface area contributed by atoms with E-state index in [0.717, 1.165) is 45.5 Å². The molecule has 2 saturated heterocycles. The summed E-state index contributed by atoms with van der Waals surface area (Å²) in [5.74, 6) is -2.69. The molecule has 0 bridgehead atoms. The minimum Gasteiger partial charge on any atom is -0.475 e. The van der Waals surface area contributed by atoms with Crippen LogP contribution in [-0.4, -0.2) is 87.2 Å². The van der Waals surface area contributed by atoms with Gasteiger partial charge in [-0.2, -0.15) is 18.3 Å². The Morgan fingerprint density at radius 1 is 1.37 bits per heavy atom. The van der Waals surface area contributed by atoms with E-state index in [1.165, 1.54) is 0 Å². The summed E-state index contributed by atoms with van der Waals surface area (Å²) < 4.78 is 39.6. The Kier molecular flexibility index (Phi) is 7.87. The SMILES string of the molecule is CCN(CC)[C@@H]1CCO[C@]2(CCN(C(=O)c3ccnn3C)C2)C1.O=C(O)C(F)(F)F. The number of ether oxygens (including phenoxy) is 1. The van der Waals surface area contributed by atoms with Crippen LogP contribution in [0.25, 0.3) is 0 Å². The van der Waals surface area contributed by atoms with Crippen molar-refractivity contribution in [2.75, 3.05) is 32.8 Å². The lowest BCUT2D eigenvalue weighted by Crippen LogP contribution is -2.50. The highest BCUT2D eigenvalue weighted by Crippen LogP contribution is 2.36. The van der Waals surface area contributed by atoms with Gasteiger partial charge < -0.3 is 19.6 Å². The number of amides is 1. The number of likely N-dealkylation sites (tertiary alicyclic amines) is 1. The number of carbonyl (C=O) groups is 2. The first kappa shape index (κ1) is 24.1. The number of carboxylic acid groups (broad SMARTS) is 1. The minimum atomic E-state index is -5.08. The molecule has 1 aromatic rings. The number of aromatic nitrogens is 2. The number of rotatable bonds is 4. The van der Waals surface area contributed by atoms with Gasteiger partial charge in [0, 0.05) is 32.4 Å². The molecule has 0 saturated carbocycles. The Labute approximate surface area is 173 Å². The fourth-order valence-electron chi connectivity index (χ4n) is 4.10. The molecule has 8 nitrogen and oxygen atoms in total. The van der Waals surface area contributed by atoms with E-state index < -0.39 is 12.1 Å². The van der Waals surface area contributed by atoms with Crippen LogP contribution in [0.4, 0.5) is 13.2 Å². The molecule has 2 fully saturated rings. The topological polar surface area (TPSA) is 87.9 Å². The Hall–Kier alpha value is -2.14. The lowest BCUT2D eigenvalue weighted by atomic mass is 9.88. The summed E-state index contributed by atoms with van der Waals surface area (Å²) in [6.07, 6.45) is -0.343. The predicted octanol–water partition coefficient (Wildman–Crippen LogP) is 2.16. The first-order valence-electron chi connectivity index (χ1n) is 9.98. The van der Waals surface area contributed by atoms with Gasteiger partial charge in [0.25, 0.3) is 5.91 Å². The normalized spacial score (nSPS) is 24.1. The predicted molar refractivity (Wildman–Crippen MR) is 102 cm³/mol. The van der Waals surface area contributed by atoms with Gasteiger partial charge in [-0.25, -0.2) is 4.79 Å². The third kappa shape index (κ3) is 5.72. The summed E-state index contributed by atoms with van der Waals surface area (Å²) in [4.78, 5) is 26.0. The van der Waals surface area contributed by atoms with Crippen molar-refractivity contribution in [2.24, 2.45) is 7.05 Å². The van der Waals surface area contributed by atoms with Crippen LogP contribution in [-0.2, 0) is 16.6 Å². The van der Waals surface area contributed by atoms with E-state index in [0.29, 0.717) is 18.3 Å². The summed E-state index contributed by atoms with van der Waals surface area (Å²) in [5.41, 5.74) is 0.498. The lowest BCUT2D eigenvalue weighted by molar-refractivity contribution is -0.192. The average Bonchev–Trinajstić information content (AvgIpc) is 3.29. The van der Waals surface area contributed by atoms with Crippen LogP contribution in [0.3, 0.4) is 0 Å². The van der Waals surface area contributed by atoms with Crippen LogP contribution in [0, 0.1) is 0 Å². The molecule has 0 aromatic carbocycles. The van der Waals surface area contributed by atoms with Crippen LogP contribution < -0.4 is 0 Å². The molecule has 170 valence electrons. The lowest BCUT2D eigenvalue weighted by Gasteiger charge is -2.42. The number of carboxylic acids is 1. The molecule has 0 aliphatic carbocycles. The number of nitrogens with zero attached hydrogens (tertiary/aromatic N) is 4. The van der Waals surface area contributed by atoms with Crippen molar-refractivity contribution in [3.05, 3.63) is 18.0 Å². The number of aryl methyl sites for hydroxylation is 1. The van der Waals surface area contributed by atoms with Crippen molar-refractivity contribution in [3.8, 4) is 0 Å². The molecule has 2 atom stereocenters. The van der Waals surface area contributed by atoms with Crippen LogP contribution in [0.2, 0.25) is 0 Å². The quantitative estimate of drug-likeness (QED) is 0.782. The summed E-state index contributed by atoms with van der Waals surface area (Å²) in [7, 11) is 1.81. The second-order valence-electron chi connectivity index (χ2n) is 7.52. The van der Waals surface area contributed by atoms with Gasteiger partial charge in [0.2, 0.25) is 0 Å². The van der Waals surface area contributed by atoms with Crippen molar-refractivity contribution in [1.29, 1.82) is 0 Å². The second kappa shape index (κ2) is 9.78. The van der Waals surface area contributed by atoms with Gasteiger partial charge in [-0.3, -0.25) is 9.48 Å². The van der Waals surface area contributed by atoms with E-state index >= 15 is 0 Å². The summed E-state index contributed by atoms with van der Waals surface area (Å²) in [6.45, 7) is 8.87. The van der Waals surface area contributed by atoms with Crippen molar-refractivity contribution >= 4 is 11.9 Å². The molecule has 2 aliphatic heterocycles. The largest absolute Gasteiger partial charge is 0.490 e. The van der Waals surface area contributed by atoms with Crippen LogP contribution in [0.15, 0.2) is 12.3 Å². The first-order chi connectivity index (χ1) is 14.0.